The maximum atomic E-state index is 12.2. The van der Waals surface area contributed by atoms with Gasteiger partial charge in [-0.05, 0) is 11.1 Å². The summed E-state index contributed by atoms with van der Waals surface area (Å²) in [5, 5.41) is 0. The summed E-state index contributed by atoms with van der Waals surface area (Å²) in [6.07, 6.45) is -0.369. The molecular formula is C17H18O3. The van der Waals surface area contributed by atoms with Crippen LogP contribution >= 0.6 is 0 Å². The molecule has 2 aromatic rings. The topological polar surface area (TPSA) is 35.5 Å². The van der Waals surface area contributed by atoms with Gasteiger partial charge in [0.25, 0.3) is 0 Å². The molecule has 0 bridgehead atoms. The summed E-state index contributed by atoms with van der Waals surface area (Å²) in [4.78, 5) is 12.2. The van der Waals surface area contributed by atoms with E-state index in [1.54, 1.807) is 7.11 Å². The summed E-state index contributed by atoms with van der Waals surface area (Å²) in [7, 11) is 3.01. The van der Waals surface area contributed by atoms with E-state index in [1.807, 2.05) is 60.7 Å². The van der Waals surface area contributed by atoms with E-state index in [1.165, 1.54) is 7.11 Å². The lowest BCUT2D eigenvalue weighted by Crippen LogP contribution is -2.23. The number of ether oxygens (including phenoxy) is 2. The quantitative estimate of drug-likeness (QED) is 0.782. The van der Waals surface area contributed by atoms with Gasteiger partial charge in [0.1, 0.15) is 5.92 Å². The fraction of sp³-hybridized carbons (Fsp3) is 0.235. The molecule has 0 amide bonds. The first-order valence-corrected chi connectivity index (χ1v) is 6.48. The van der Waals surface area contributed by atoms with Gasteiger partial charge in [-0.25, -0.2) is 0 Å². The third-order valence-corrected chi connectivity index (χ3v) is 3.30. The van der Waals surface area contributed by atoms with Crippen LogP contribution in [0.1, 0.15) is 23.1 Å². The van der Waals surface area contributed by atoms with Gasteiger partial charge >= 0.3 is 5.97 Å². The second-order valence-corrected chi connectivity index (χ2v) is 4.48. The minimum Gasteiger partial charge on any atom is -0.468 e. The van der Waals surface area contributed by atoms with Crippen molar-refractivity contribution in [2.24, 2.45) is 0 Å². The number of rotatable bonds is 5. The van der Waals surface area contributed by atoms with Crippen molar-refractivity contribution in [2.45, 2.75) is 12.0 Å². The van der Waals surface area contributed by atoms with Gasteiger partial charge in [0, 0.05) is 7.11 Å². The fourth-order valence-electron chi connectivity index (χ4n) is 2.33. The molecule has 0 N–H and O–H groups in total. The van der Waals surface area contributed by atoms with E-state index < -0.39 is 5.92 Å². The van der Waals surface area contributed by atoms with Crippen LogP contribution in [0.25, 0.3) is 0 Å². The van der Waals surface area contributed by atoms with Crippen molar-refractivity contribution in [3.63, 3.8) is 0 Å². The van der Waals surface area contributed by atoms with Gasteiger partial charge in [-0.3, -0.25) is 4.79 Å². The highest BCUT2D eigenvalue weighted by atomic mass is 16.5. The SMILES string of the molecule is COC(=O)C(c1ccccc1)C(OC)c1ccccc1. The summed E-state index contributed by atoms with van der Waals surface area (Å²) in [5.41, 5.74) is 1.84. The molecule has 0 saturated carbocycles. The third kappa shape index (κ3) is 3.06. The Morgan fingerprint density at radius 2 is 1.35 bits per heavy atom. The van der Waals surface area contributed by atoms with E-state index in [2.05, 4.69) is 0 Å². The van der Waals surface area contributed by atoms with Crippen LogP contribution in [-0.2, 0) is 14.3 Å². The minimum absolute atomic E-state index is 0.299. The number of hydrogen-bond donors (Lipinski definition) is 0. The predicted molar refractivity (Wildman–Crippen MR) is 77.4 cm³/mol. The molecule has 3 heteroatoms. The Balaban J connectivity index is 2.42. The van der Waals surface area contributed by atoms with Crippen molar-refractivity contribution < 1.29 is 14.3 Å². The molecule has 0 aliphatic heterocycles. The fourth-order valence-corrected chi connectivity index (χ4v) is 2.33. The third-order valence-electron chi connectivity index (χ3n) is 3.30. The van der Waals surface area contributed by atoms with Gasteiger partial charge in [-0.15, -0.1) is 0 Å². The number of benzene rings is 2. The summed E-state index contributed by atoms with van der Waals surface area (Å²) in [6, 6.07) is 19.3. The van der Waals surface area contributed by atoms with Gasteiger partial charge in [0.05, 0.1) is 13.2 Å². The van der Waals surface area contributed by atoms with Crippen LogP contribution in [0.2, 0.25) is 0 Å². The Bertz CT molecular complexity index is 537. The maximum Gasteiger partial charge on any atom is 0.316 e. The van der Waals surface area contributed by atoms with E-state index in [0.717, 1.165) is 11.1 Å². The van der Waals surface area contributed by atoms with Crippen LogP contribution in [0.4, 0.5) is 0 Å². The van der Waals surface area contributed by atoms with Crippen LogP contribution in [0, 0.1) is 0 Å². The summed E-state index contributed by atoms with van der Waals surface area (Å²) >= 11 is 0. The van der Waals surface area contributed by atoms with Gasteiger partial charge in [-0.1, -0.05) is 60.7 Å². The zero-order valence-corrected chi connectivity index (χ0v) is 11.7. The van der Waals surface area contributed by atoms with E-state index in [9.17, 15) is 4.79 Å². The van der Waals surface area contributed by atoms with Crippen LogP contribution in [-0.4, -0.2) is 20.2 Å². The predicted octanol–water partition coefficient (Wildman–Crippen LogP) is 3.33. The maximum absolute atomic E-state index is 12.2. The van der Waals surface area contributed by atoms with Crippen molar-refractivity contribution in [3.05, 3.63) is 71.8 Å². The number of hydrogen-bond acceptors (Lipinski definition) is 3. The molecule has 3 nitrogen and oxygen atoms in total. The smallest absolute Gasteiger partial charge is 0.316 e. The summed E-state index contributed by atoms with van der Waals surface area (Å²) in [6.45, 7) is 0. The van der Waals surface area contributed by atoms with E-state index in [0.29, 0.717) is 0 Å². The Morgan fingerprint density at radius 1 is 0.850 bits per heavy atom. The molecule has 104 valence electrons. The standard InChI is InChI=1S/C17H18O3/c1-19-16(14-11-7-4-8-12-14)15(17(18)20-2)13-9-5-3-6-10-13/h3-12,15-16H,1-2H3. The highest BCUT2D eigenvalue weighted by Crippen LogP contribution is 2.34. The molecule has 20 heavy (non-hydrogen) atoms. The lowest BCUT2D eigenvalue weighted by Gasteiger charge is -2.24. The van der Waals surface area contributed by atoms with Crippen LogP contribution in [0.3, 0.4) is 0 Å². The van der Waals surface area contributed by atoms with Crippen molar-refractivity contribution in [1.82, 2.24) is 0 Å². The molecule has 2 unspecified atom stereocenters. The molecule has 0 heterocycles. The first-order valence-electron chi connectivity index (χ1n) is 6.48. The molecular weight excluding hydrogens is 252 g/mol. The Morgan fingerprint density at radius 3 is 1.80 bits per heavy atom. The molecule has 0 aliphatic rings. The number of methoxy groups -OCH3 is 2. The van der Waals surface area contributed by atoms with Gasteiger partial charge in [-0.2, -0.15) is 0 Å². The first kappa shape index (κ1) is 14.3. The Kier molecular flexibility index (Phi) is 4.91. The van der Waals surface area contributed by atoms with Gasteiger partial charge < -0.3 is 9.47 Å². The van der Waals surface area contributed by atoms with Crippen LogP contribution in [0.15, 0.2) is 60.7 Å². The second kappa shape index (κ2) is 6.87. The number of esters is 1. The van der Waals surface area contributed by atoms with Crippen LogP contribution < -0.4 is 0 Å². The largest absolute Gasteiger partial charge is 0.468 e. The van der Waals surface area contributed by atoms with Gasteiger partial charge in [0.15, 0.2) is 0 Å². The van der Waals surface area contributed by atoms with Crippen LogP contribution in [0.5, 0.6) is 0 Å². The molecule has 0 fully saturated rings. The van der Waals surface area contributed by atoms with E-state index in [4.69, 9.17) is 9.47 Å². The number of carbonyl (C=O) groups is 1. The monoisotopic (exact) mass is 270 g/mol. The molecule has 0 aromatic heterocycles. The van der Waals surface area contributed by atoms with Crippen molar-refractivity contribution in [3.8, 4) is 0 Å². The highest BCUT2D eigenvalue weighted by Gasteiger charge is 2.32. The molecule has 0 saturated heterocycles. The summed E-state index contributed by atoms with van der Waals surface area (Å²) < 4.78 is 10.5. The highest BCUT2D eigenvalue weighted by molar-refractivity contribution is 5.79. The lowest BCUT2D eigenvalue weighted by atomic mass is 9.89. The van der Waals surface area contributed by atoms with Crippen molar-refractivity contribution in [2.75, 3.05) is 14.2 Å². The Hall–Kier alpha value is -2.13. The number of carbonyl (C=O) groups excluding carboxylic acids is 1. The van der Waals surface area contributed by atoms with E-state index in [-0.39, 0.29) is 12.1 Å². The average molecular weight is 270 g/mol. The molecule has 0 aliphatic carbocycles. The normalized spacial score (nSPS) is 13.5. The van der Waals surface area contributed by atoms with Crippen molar-refractivity contribution >= 4 is 5.97 Å². The summed E-state index contributed by atoms with van der Waals surface area (Å²) in [5.74, 6) is -0.777. The lowest BCUT2D eigenvalue weighted by molar-refractivity contribution is -0.146. The average Bonchev–Trinajstić information content (AvgIpc) is 2.53. The molecule has 0 radical (unpaired) electrons. The van der Waals surface area contributed by atoms with E-state index >= 15 is 0 Å². The van der Waals surface area contributed by atoms with Crippen molar-refractivity contribution in [1.29, 1.82) is 0 Å². The van der Waals surface area contributed by atoms with Gasteiger partial charge in [0.2, 0.25) is 0 Å². The zero-order valence-electron chi connectivity index (χ0n) is 11.7. The zero-order chi connectivity index (χ0) is 14.4. The molecule has 2 rings (SSSR count). The molecule has 2 aromatic carbocycles. The molecule has 0 spiro atoms. The first-order chi connectivity index (χ1) is 9.77. The Labute approximate surface area is 119 Å². The second-order valence-electron chi connectivity index (χ2n) is 4.48. The minimum atomic E-state index is -0.478. The molecule has 2 atom stereocenters.